The smallest absolute Gasteiger partial charge is 0.191 e. The average Bonchev–Trinajstić information content (AvgIpc) is 3.45. The van der Waals surface area contributed by atoms with Gasteiger partial charge in [0.25, 0.3) is 0 Å². The van der Waals surface area contributed by atoms with Gasteiger partial charge in [-0.1, -0.05) is 18.3 Å². The highest BCUT2D eigenvalue weighted by Crippen LogP contribution is 2.39. The van der Waals surface area contributed by atoms with Crippen LogP contribution in [0.2, 0.25) is 0 Å². The Balaban J connectivity index is 0.00000336. The number of nitrogens with zero attached hydrogens (tertiary/aromatic N) is 6. The van der Waals surface area contributed by atoms with E-state index in [9.17, 15) is 9.65 Å². The Kier molecular flexibility index (Phi) is 6.11. The highest BCUT2D eigenvalue weighted by molar-refractivity contribution is 7.16. The minimum absolute atomic E-state index is 0. The first-order valence-electron chi connectivity index (χ1n) is 12.3. The monoisotopic (exact) mass is 518 g/mol. The highest BCUT2D eigenvalue weighted by Gasteiger charge is 2.24. The number of nitrogens with one attached hydrogen (secondary N) is 1. The Morgan fingerprint density at radius 2 is 2.00 bits per heavy atom. The van der Waals surface area contributed by atoms with Gasteiger partial charge in [0.2, 0.25) is 0 Å². The number of aromatic nitrogens is 3. The van der Waals surface area contributed by atoms with Crippen LogP contribution >= 0.6 is 23.7 Å². The second-order valence-electron chi connectivity index (χ2n) is 7.85. The van der Waals surface area contributed by atoms with Gasteiger partial charge < -0.3 is 15.1 Å². The number of piperazine rings is 1. The van der Waals surface area contributed by atoms with E-state index in [-0.39, 0.29) is 33.8 Å². The number of benzene rings is 1. The Bertz CT molecular complexity index is 1490. The van der Waals surface area contributed by atoms with Crippen LogP contribution in [0.15, 0.2) is 36.5 Å². The zero-order valence-electron chi connectivity index (χ0n) is 21.8. The minimum Gasteiger partial charge on any atom is -0.367 e. The molecule has 1 N–H and O–H groups in total. The third-order valence-electron chi connectivity index (χ3n) is 5.79. The molecule has 1 aliphatic rings. The van der Waals surface area contributed by atoms with Crippen LogP contribution in [0, 0.1) is 23.0 Å². The van der Waals surface area contributed by atoms with Crippen LogP contribution in [0.1, 0.15) is 21.6 Å². The lowest BCUT2D eigenvalue weighted by Gasteiger charge is -2.29. The van der Waals surface area contributed by atoms with E-state index < -0.39 is 18.6 Å². The summed E-state index contributed by atoms with van der Waals surface area (Å²) in [5, 5.41) is 17.5. The zero-order chi connectivity index (χ0) is 26.3. The minimum atomic E-state index is -2.69. The van der Waals surface area contributed by atoms with Crippen molar-refractivity contribution in [2.45, 2.75) is 13.3 Å². The lowest BCUT2D eigenvalue weighted by atomic mass is 10.1. The maximum atomic E-state index is 15.1. The molecule has 0 aliphatic carbocycles. The summed E-state index contributed by atoms with van der Waals surface area (Å²) in [6.45, 7) is 1.78. The van der Waals surface area contributed by atoms with Crippen LogP contribution in [-0.2, 0) is 6.42 Å². The SMILES string of the molecule is Cl.[2H]C([2H])([2H])N(c1nc(-c2ccc(F)cc2)c(C#N)s1)c1c(CC)nn2cc(F)c(N3CCNCC3)cc12. The Morgan fingerprint density at radius 3 is 2.66 bits per heavy atom. The second-order valence-corrected chi connectivity index (χ2v) is 8.83. The molecule has 0 saturated carbocycles. The fourth-order valence-corrected chi connectivity index (χ4v) is 4.91. The van der Waals surface area contributed by atoms with Gasteiger partial charge in [-0.3, -0.25) is 0 Å². The quantitative estimate of drug-likeness (QED) is 0.410. The van der Waals surface area contributed by atoms with Crippen LogP contribution in [0.3, 0.4) is 0 Å². The number of rotatable bonds is 5. The summed E-state index contributed by atoms with van der Waals surface area (Å²) in [7, 11) is 0. The number of fused-ring (bicyclic) bond motifs is 1. The maximum Gasteiger partial charge on any atom is 0.191 e. The van der Waals surface area contributed by atoms with Crippen molar-refractivity contribution in [1.29, 1.82) is 5.26 Å². The standard InChI is InChI=1S/C24H23F2N7S.ClH/c1-3-18-23(20-12-19(17(26)14-33(20)30-18)32-10-8-28-9-11-32)31(2)24-29-22(21(13-27)34-24)15-4-6-16(25)7-5-15;/h4-7,12,14,28H,3,8-11H2,1-2H3;1H/i2D3;. The number of thiazole rings is 1. The first-order valence-corrected chi connectivity index (χ1v) is 11.7. The van der Waals surface area contributed by atoms with E-state index in [1.165, 1.54) is 35.0 Å². The third kappa shape index (κ3) is 4.55. The molecular formula is C24H24ClF2N7S. The molecule has 182 valence electrons. The molecule has 0 amide bonds. The molecule has 3 aromatic heterocycles. The number of nitriles is 1. The maximum absolute atomic E-state index is 15.1. The van der Waals surface area contributed by atoms with Gasteiger partial charge in [0, 0.05) is 42.8 Å². The van der Waals surface area contributed by atoms with Gasteiger partial charge in [0.05, 0.1) is 28.8 Å². The third-order valence-corrected chi connectivity index (χ3v) is 6.73. The molecule has 0 radical (unpaired) electrons. The molecule has 4 aromatic rings. The van der Waals surface area contributed by atoms with Gasteiger partial charge in [0.15, 0.2) is 10.9 Å². The summed E-state index contributed by atoms with van der Waals surface area (Å²) in [6, 6.07) is 9.19. The van der Waals surface area contributed by atoms with E-state index >= 15 is 4.39 Å². The number of hydrogen-bond donors (Lipinski definition) is 1. The largest absolute Gasteiger partial charge is 0.367 e. The second kappa shape index (κ2) is 10.2. The molecule has 0 spiro atoms. The Hall–Kier alpha value is -3.26. The van der Waals surface area contributed by atoms with Crippen LogP contribution in [0.5, 0.6) is 0 Å². The molecule has 0 bridgehead atoms. The number of anilines is 3. The Labute approximate surface area is 216 Å². The lowest BCUT2D eigenvalue weighted by Crippen LogP contribution is -2.43. The molecule has 5 rings (SSSR count). The normalized spacial score (nSPS) is 15.1. The van der Waals surface area contributed by atoms with E-state index in [0.29, 0.717) is 55.1 Å². The molecule has 0 unspecified atom stereocenters. The zero-order valence-corrected chi connectivity index (χ0v) is 20.4. The fourth-order valence-electron chi connectivity index (χ4n) is 4.10. The van der Waals surface area contributed by atoms with Crippen molar-refractivity contribution in [1.82, 2.24) is 19.9 Å². The summed E-state index contributed by atoms with van der Waals surface area (Å²) >= 11 is 0.925. The first kappa shape index (κ1) is 21.1. The van der Waals surface area contributed by atoms with Gasteiger partial charge in [-0.25, -0.2) is 18.3 Å². The number of pyridine rings is 1. The first-order chi connectivity index (χ1) is 17.7. The molecule has 1 fully saturated rings. The summed E-state index contributed by atoms with van der Waals surface area (Å²) in [6.07, 6.45) is 1.65. The molecule has 1 aromatic carbocycles. The van der Waals surface area contributed by atoms with Crippen molar-refractivity contribution in [3.05, 3.63) is 58.7 Å². The summed E-state index contributed by atoms with van der Waals surface area (Å²) in [4.78, 5) is 7.72. The molecule has 0 atom stereocenters. The molecular weight excluding hydrogens is 492 g/mol. The number of aryl methyl sites for hydroxylation is 1. The van der Waals surface area contributed by atoms with Crippen LogP contribution in [-0.4, -0.2) is 47.8 Å². The molecule has 4 heterocycles. The molecule has 35 heavy (non-hydrogen) atoms. The van der Waals surface area contributed by atoms with E-state index in [4.69, 9.17) is 4.11 Å². The van der Waals surface area contributed by atoms with E-state index in [1.54, 1.807) is 6.07 Å². The van der Waals surface area contributed by atoms with Gasteiger partial charge in [-0.05, 0) is 36.8 Å². The van der Waals surface area contributed by atoms with Crippen molar-refractivity contribution in [2.75, 3.05) is 43.0 Å². The lowest BCUT2D eigenvalue weighted by molar-refractivity contribution is 0.562. The van der Waals surface area contributed by atoms with Crippen molar-refractivity contribution in [3.8, 4) is 17.3 Å². The van der Waals surface area contributed by atoms with Gasteiger partial charge in [0.1, 0.15) is 22.5 Å². The van der Waals surface area contributed by atoms with E-state index in [0.717, 1.165) is 16.2 Å². The van der Waals surface area contributed by atoms with Crippen molar-refractivity contribution < 1.29 is 12.9 Å². The molecule has 11 heteroatoms. The van der Waals surface area contributed by atoms with E-state index in [2.05, 4.69) is 21.5 Å². The van der Waals surface area contributed by atoms with Gasteiger partial charge in [-0.15, -0.1) is 12.4 Å². The van der Waals surface area contributed by atoms with Crippen LogP contribution in [0.25, 0.3) is 16.8 Å². The van der Waals surface area contributed by atoms with E-state index in [1.807, 2.05) is 11.8 Å². The predicted molar refractivity (Wildman–Crippen MR) is 137 cm³/mol. The van der Waals surface area contributed by atoms with Crippen LogP contribution < -0.4 is 15.1 Å². The Morgan fingerprint density at radius 1 is 1.26 bits per heavy atom. The van der Waals surface area contributed by atoms with Crippen LogP contribution in [0.4, 0.5) is 25.3 Å². The van der Waals surface area contributed by atoms with Crippen molar-refractivity contribution in [3.63, 3.8) is 0 Å². The molecule has 7 nitrogen and oxygen atoms in total. The number of hydrogen-bond acceptors (Lipinski definition) is 7. The summed E-state index contributed by atoms with van der Waals surface area (Å²) < 4.78 is 55.1. The van der Waals surface area contributed by atoms with Gasteiger partial charge in [-0.2, -0.15) is 10.4 Å². The average molecular weight is 519 g/mol. The van der Waals surface area contributed by atoms with Gasteiger partial charge >= 0.3 is 0 Å². The van der Waals surface area contributed by atoms with Crippen molar-refractivity contribution >= 4 is 45.8 Å². The molecule has 1 aliphatic heterocycles. The number of halogens is 3. The summed E-state index contributed by atoms with van der Waals surface area (Å²) in [5.41, 5.74) is 2.27. The fraction of sp³-hybridized carbons (Fsp3) is 0.292. The highest BCUT2D eigenvalue weighted by atomic mass is 35.5. The predicted octanol–water partition coefficient (Wildman–Crippen LogP) is 4.77. The van der Waals surface area contributed by atoms with Crippen molar-refractivity contribution in [2.24, 2.45) is 0 Å². The summed E-state index contributed by atoms with van der Waals surface area (Å²) in [5.74, 6) is -0.889. The topological polar surface area (TPSA) is 72.5 Å². The molecule has 1 saturated heterocycles.